The van der Waals surface area contributed by atoms with Gasteiger partial charge >= 0.3 is 0 Å². The summed E-state index contributed by atoms with van der Waals surface area (Å²) in [6.45, 7) is 5.59. The summed E-state index contributed by atoms with van der Waals surface area (Å²) in [7, 11) is 0. The van der Waals surface area contributed by atoms with Crippen LogP contribution in [-0.4, -0.2) is 30.6 Å². The molecule has 0 spiro atoms. The summed E-state index contributed by atoms with van der Waals surface area (Å²) in [4.78, 5) is 2.49. The van der Waals surface area contributed by atoms with E-state index in [0.717, 1.165) is 31.1 Å². The van der Waals surface area contributed by atoms with Crippen molar-refractivity contribution >= 4 is 0 Å². The fraction of sp³-hybridized carbons (Fsp3) is 0.600. The minimum atomic E-state index is -0.130. The van der Waals surface area contributed by atoms with Gasteiger partial charge in [-0.2, -0.15) is 0 Å². The first-order valence-corrected chi connectivity index (χ1v) is 6.97. The molecule has 2 heterocycles. The highest BCUT2D eigenvalue weighted by atomic mass is 19.1. The van der Waals surface area contributed by atoms with Crippen molar-refractivity contribution in [3.8, 4) is 0 Å². The van der Waals surface area contributed by atoms with Crippen LogP contribution in [0.1, 0.15) is 31.4 Å². The van der Waals surface area contributed by atoms with E-state index in [1.165, 1.54) is 18.9 Å². The Morgan fingerprint density at radius 2 is 2.28 bits per heavy atom. The summed E-state index contributed by atoms with van der Waals surface area (Å²) in [5, 5.41) is 3.61. The van der Waals surface area contributed by atoms with Gasteiger partial charge in [-0.05, 0) is 49.9 Å². The molecule has 1 aromatic carbocycles. The third kappa shape index (κ3) is 2.29. The summed E-state index contributed by atoms with van der Waals surface area (Å²) in [5.41, 5.74) is 1.09. The molecule has 0 saturated carbocycles. The third-order valence-electron chi connectivity index (χ3n) is 4.51. The van der Waals surface area contributed by atoms with Crippen LogP contribution < -0.4 is 5.32 Å². The zero-order chi connectivity index (χ0) is 12.5. The molecule has 3 atom stereocenters. The molecule has 0 aliphatic carbocycles. The van der Waals surface area contributed by atoms with Gasteiger partial charge in [-0.1, -0.05) is 12.1 Å². The second-order valence-corrected chi connectivity index (χ2v) is 5.65. The first-order chi connectivity index (χ1) is 8.74. The van der Waals surface area contributed by atoms with E-state index in [1.807, 2.05) is 12.1 Å². The van der Waals surface area contributed by atoms with E-state index in [1.54, 1.807) is 6.07 Å². The van der Waals surface area contributed by atoms with E-state index in [4.69, 9.17) is 0 Å². The van der Waals surface area contributed by atoms with Gasteiger partial charge in [0.15, 0.2) is 0 Å². The molecule has 2 aliphatic rings. The van der Waals surface area contributed by atoms with Gasteiger partial charge in [-0.15, -0.1) is 0 Å². The average Bonchev–Trinajstić information content (AvgIpc) is 2.81. The zero-order valence-electron chi connectivity index (χ0n) is 10.9. The number of hydrogen-bond donors (Lipinski definition) is 1. The van der Waals surface area contributed by atoms with Crippen LogP contribution in [0.2, 0.25) is 0 Å². The maximum Gasteiger partial charge on any atom is 0.123 e. The van der Waals surface area contributed by atoms with Crippen LogP contribution in [0.5, 0.6) is 0 Å². The number of piperidine rings is 1. The predicted molar refractivity (Wildman–Crippen MR) is 70.9 cm³/mol. The molecule has 0 aromatic heterocycles. The van der Waals surface area contributed by atoms with Crippen LogP contribution >= 0.6 is 0 Å². The molecule has 1 N–H and O–H groups in total. The number of nitrogens with one attached hydrogen (secondary N) is 1. The Hall–Kier alpha value is -0.930. The molecule has 3 heteroatoms. The molecule has 0 radical (unpaired) electrons. The molecular weight excluding hydrogens is 227 g/mol. The number of likely N-dealkylation sites (tertiary alicyclic amines) is 1. The Bertz CT molecular complexity index is 407. The van der Waals surface area contributed by atoms with Gasteiger partial charge in [0, 0.05) is 25.2 Å². The monoisotopic (exact) mass is 248 g/mol. The second-order valence-electron chi connectivity index (χ2n) is 5.65. The highest BCUT2D eigenvalue weighted by molar-refractivity contribution is 5.20. The number of fused-ring (bicyclic) bond motifs is 1. The van der Waals surface area contributed by atoms with E-state index in [9.17, 15) is 4.39 Å². The van der Waals surface area contributed by atoms with Crippen molar-refractivity contribution in [2.45, 2.75) is 31.8 Å². The van der Waals surface area contributed by atoms with Gasteiger partial charge in [0.1, 0.15) is 5.82 Å². The van der Waals surface area contributed by atoms with E-state index >= 15 is 0 Å². The summed E-state index contributed by atoms with van der Waals surface area (Å²) in [5.74, 6) is 0.656. The van der Waals surface area contributed by atoms with E-state index in [-0.39, 0.29) is 5.82 Å². The predicted octanol–water partition coefficient (Wildman–Crippen LogP) is 2.57. The number of benzene rings is 1. The molecular formula is C15H21FN2. The number of hydrogen-bond acceptors (Lipinski definition) is 2. The summed E-state index contributed by atoms with van der Waals surface area (Å²) in [6, 6.07) is 7.98. The molecule has 0 amide bonds. The molecule has 0 bridgehead atoms. The Balaban J connectivity index is 1.72. The molecule has 2 nitrogen and oxygen atoms in total. The largest absolute Gasteiger partial charge is 0.312 e. The fourth-order valence-corrected chi connectivity index (χ4v) is 3.37. The fourth-order valence-electron chi connectivity index (χ4n) is 3.37. The number of rotatable bonds is 2. The Labute approximate surface area is 108 Å². The van der Waals surface area contributed by atoms with Crippen molar-refractivity contribution in [2.24, 2.45) is 5.92 Å². The van der Waals surface area contributed by atoms with Crippen LogP contribution in [0, 0.1) is 11.7 Å². The minimum absolute atomic E-state index is 0.130. The van der Waals surface area contributed by atoms with Crippen molar-refractivity contribution in [2.75, 3.05) is 19.6 Å². The van der Waals surface area contributed by atoms with Crippen LogP contribution in [-0.2, 0) is 0 Å². The second kappa shape index (κ2) is 4.98. The molecule has 2 aliphatic heterocycles. The van der Waals surface area contributed by atoms with Gasteiger partial charge in [-0.3, -0.25) is 4.90 Å². The quantitative estimate of drug-likeness (QED) is 0.865. The normalized spacial score (nSPS) is 30.1. The Morgan fingerprint density at radius 3 is 3.06 bits per heavy atom. The summed E-state index contributed by atoms with van der Waals surface area (Å²) >= 11 is 0. The smallest absolute Gasteiger partial charge is 0.123 e. The van der Waals surface area contributed by atoms with Crippen molar-refractivity contribution < 1.29 is 4.39 Å². The van der Waals surface area contributed by atoms with Crippen LogP contribution in [0.3, 0.4) is 0 Å². The molecule has 2 fully saturated rings. The SMILES string of the molecule is CC(c1cccc(F)c1)N1C[C@@H]2CCCN[C@@H]2C1. The lowest BCUT2D eigenvalue weighted by Crippen LogP contribution is -2.40. The van der Waals surface area contributed by atoms with Crippen molar-refractivity contribution in [1.82, 2.24) is 10.2 Å². The average molecular weight is 248 g/mol. The highest BCUT2D eigenvalue weighted by Gasteiger charge is 2.36. The lowest BCUT2D eigenvalue weighted by atomic mass is 9.94. The molecule has 2 saturated heterocycles. The summed E-state index contributed by atoms with van der Waals surface area (Å²) < 4.78 is 13.3. The van der Waals surface area contributed by atoms with Crippen LogP contribution in [0.4, 0.5) is 4.39 Å². The van der Waals surface area contributed by atoms with Crippen LogP contribution in [0.15, 0.2) is 24.3 Å². The van der Waals surface area contributed by atoms with Crippen molar-refractivity contribution in [3.63, 3.8) is 0 Å². The first-order valence-electron chi connectivity index (χ1n) is 6.97. The van der Waals surface area contributed by atoms with Crippen molar-refractivity contribution in [3.05, 3.63) is 35.6 Å². The van der Waals surface area contributed by atoms with Gasteiger partial charge in [0.05, 0.1) is 0 Å². The molecule has 1 unspecified atom stereocenters. The lowest BCUT2D eigenvalue weighted by molar-refractivity contribution is 0.250. The first kappa shape index (κ1) is 12.1. The highest BCUT2D eigenvalue weighted by Crippen LogP contribution is 2.31. The van der Waals surface area contributed by atoms with E-state index < -0.39 is 0 Å². The van der Waals surface area contributed by atoms with Gasteiger partial charge in [0.2, 0.25) is 0 Å². The maximum absolute atomic E-state index is 13.3. The molecule has 3 rings (SSSR count). The lowest BCUT2D eigenvalue weighted by Gasteiger charge is -2.25. The standard InChI is InChI=1S/C15H21FN2/c1-11(12-4-2-6-14(16)8-12)18-9-13-5-3-7-17-15(13)10-18/h2,4,6,8,11,13,15,17H,3,5,7,9-10H2,1H3/t11?,13-,15+/m0/s1. The van der Waals surface area contributed by atoms with E-state index in [2.05, 4.69) is 17.1 Å². The molecule has 98 valence electrons. The number of nitrogens with zero attached hydrogens (tertiary/aromatic N) is 1. The molecule has 1 aromatic rings. The van der Waals surface area contributed by atoms with Gasteiger partial charge in [-0.25, -0.2) is 4.39 Å². The molecule has 18 heavy (non-hydrogen) atoms. The van der Waals surface area contributed by atoms with Gasteiger partial charge < -0.3 is 5.32 Å². The summed E-state index contributed by atoms with van der Waals surface area (Å²) in [6.07, 6.45) is 2.63. The van der Waals surface area contributed by atoms with E-state index in [0.29, 0.717) is 12.1 Å². The minimum Gasteiger partial charge on any atom is -0.312 e. The van der Waals surface area contributed by atoms with Crippen LogP contribution in [0.25, 0.3) is 0 Å². The third-order valence-corrected chi connectivity index (χ3v) is 4.51. The zero-order valence-corrected chi connectivity index (χ0v) is 10.9. The topological polar surface area (TPSA) is 15.3 Å². The van der Waals surface area contributed by atoms with Gasteiger partial charge in [0.25, 0.3) is 0 Å². The maximum atomic E-state index is 13.3. The number of halogens is 1. The Kier molecular flexibility index (Phi) is 3.35. The Morgan fingerprint density at radius 1 is 1.39 bits per heavy atom. The van der Waals surface area contributed by atoms with Crippen molar-refractivity contribution in [1.29, 1.82) is 0 Å².